The highest BCUT2D eigenvalue weighted by Gasteiger charge is 2.61. The van der Waals surface area contributed by atoms with Gasteiger partial charge in [0, 0.05) is 5.92 Å². The Morgan fingerprint density at radius 3 is 3.23 bits per heavy atom. The number of halogens is 1. The third-order valence-corrected chi connectivity index (χ3v) is 4.13. The predicted octanol–water partition coefficient (Wildman–Crippen LogP) is 2.08. The van der Waals surface area contributed by atoms with Gasteiger partial charge in [0.1, 0.15) is 6.10 Å². The van der Waals surface area contributed by atoms with Crippen molar-refractivity contribution in [1.82, 2.24) is 0 Å². The van der Waals surface area contributed by atoms with Crippen LogP contribution < -0.4 is 0 Å². The van der Waals surface area contributed by atoms with Crippen LogP contribution in [0.15, 0.2) is 11.1 Å². The summed E-state index contributed by atoms with van der Waals surface area (Å²) in [6.45, 7) is 2.02. The molecule has 4 atom stereocenters. The van der Waals surface area contributed by atoms with Crippen LogP contribution in [-0.2, 0) is 9.53 Å². The molecular weight excluding hydrogens is 188 g/mol. The molecule has 0 N–H and O–H groups in total. The molecule has 2 fully saturated rings. The normalized spacial score (nSPS) is 52.0. The molecule has 3 rings (SSSR count). The maximum atomic E-state index is 11.6. The highest BCUT2D eigenvalue weighted by atomic mass is 35.5. The number of fused-ring (bicyclic) bond motifs is 1. The second-order valence-corrected chi connectivity index (χ2v) is 5.04. The number of carbonyl (C=O) groups is 1. The van der Waals surface area contributed by atoms with Gasteiger partial charge in [-0.3, -0.25) is 4.79 Å². The molecule has 1 heterocycles. The topological polar surface area (TPSA) is 26.3 Å². The standard InChI is InChI=1S/C10H11ClO2/c1-10-4-5-2-6(10)8(7(11)3-5)13-9(10)12/h3,5-6,8H,2,4H2,1H3/t5-,6+,8+,10+/m0/s1. The summed E-state index contributed by atoms with van der Waals surface area (Å²) in [5.74, 6) is 0.797. The average molecular weight is 199 g/mol. The Morgan fingerprint density at radius 2 is 2.46 bits per heavy atom. The van der Waals surface area contributed by atoms with Gasteiger partial charge in [0.15, 0.2) is 0 Å². The zero-order valence-corrected chi connectivity index (χ0v) is 8.17. The third-order valence-electron chi connectivity index (χ3n) is 3.79. The quantitative estimate of drug-likeness (QED) is 0.557. The van der Waals surface area contributed by atoms with Crippen LogP contribution in [0.4, 0.5) is 0 Å². The van der Waals surface area contributed by atoms with Crippen molar-refractivity contribution in [3.05, 3.63) is 11.1 Å². The van der Waals surface area contributed by atoms with E-state index >= 15 is 0 Å². The van der Waals surface area contributed by atoms with Gasteiger partial charge in [0.25, 0.3) is 0 Å². The number of rotatable bonds is 0. The van der Waals surface area contributed by atoms with Crippen LogP contribution in [0.3, 0.4) is 0 Å². The van der Waals surface area contributed by atoms with Crippen LogP contribution in [0, 0.1) is 17.3 Å². The van der Waals surface area contributed by atoms with E-state index < -0.39 is 0 Å². The van der Waals surface area contributed by atoms with Gasteiger partial charge >= 0.3 is 5.97 Å². The largest absolute Gasteiger partial charge is 0.456 e. The number of hydrogen-bond acceptors (Lipinski definition) is 2. The van der Waals surface area contributed by atoms with Crippen LogP contribution in [0.2, 0.25) is 0 Å². The summed E-state index contributed by atoms with van der Waals surface area (Å²) in [4.78, 5) is 11.6. The first-order valence-electron chi connectivity index (χ1n) is 4.69. The number of carbonyl (C=O) groups excluding carboxylic acids is 1. The van der Waals surface area contributed by atoms with Gasteiger partial charge in [-0.25, -0.2) is 0 Å². The minimum atomic E-state index is -0.248. The zero-order valence-electron chi connectivity index (χ0n) is 7.42. The number of hydrogen-bond donors (Lipinski definition) is 0. The number of allylic oxidation sites excluding steroid dienone is 1. The van der Waals surface area contributed by atoms with E-state index in [1.165, 1.54) is 0 Å². The second-order valence-electron chi connectivity index (χ2n) is 4.60. The molecule has 0 amide bonds. The van der Waals surface area contributed by atoms with Crippen LogP contribution in [-0.4, -0.2) is 12.1 Å². The van der Waals surface area contributed by atoms with Crippen molar-refractivity contribution >= 4 is 17.6 Å². The van der Waals surface area contributed by atoms with Crippen molar-refractivity contribution in [3.63, 3.8) is 0 Å². The average Bonchev–Trinajstić information content (AvgIpc) is 2.45. The van der Waals surface area contributed by atoms with Crippen molar-refractivity contribution < 1.29 is 9.53 Å². The molecule has 13 heavy (non-hydrogen) atoms. The van der Waals surface area contributed by atoms with Gasteiger partial charge in [-0.2, -0.15) is 0 Å². The summed E-state index contributed by atoms with van der Waals surface area (Å²) >= 11 is 6.05. The summed E-state index contributed by atoms with van der Waals surface area (Å²) < 4.78 is 5.29. The lowest BCUT2D eigenvalue weighted by Crippen LogP contribution is -2.26. The van der Waals surface area contributed by atoms with Gasteiger partial charge in [-0.1, -0.05) is 17.7 Å². The molecule has 0 radical (unpaired) electrons. The Bertz CT molecular complexity index is 323. The van der Waals surface area contributed by atoms with Gasteiger partial charge in [0.2, 0.25) is 0 Å². The van der Waals surface area contributed by atoms with Crippen molar-refractivity contribution in [2.24, 2.45) is 17.3 Å². The maximum absolute atomic E-state index is 11.6. The summed E-state index contributed by atoms with van der Waals surface area (Å²) in [6.07, 6.45) is 3.94. The van der Waals surface area contributed by atoms with E-state index in [9.17, 15) is 4.79 Å². The Kier molecular flexibility index (Phi) is 1.28. The van der Waals surface area contributed by atoms with E-state index in [0.717, 1.165) is 17.9 Å². The Morgan fingerprint density at radius 1 is 1.69 bits per heavy atom. The number of ether oxygens (including phenoxy) is 1. The summed E-state index contributed by atoms with van der Waals surface area (Å²) in [5.41, 5.74) is -0.248. The molecule has 2 aliphatic carbocycles. The third kappa shape index (κ3) is 0.779. The fourth-order valence-electron chi connectivity index (χ4n) is 3.09. The molecule has 1 saturated carbocycles. The van der Waals surface area contributed by atoms with E-state index in [4.69, 9.17) is 16.3 Å². The zero-order chi connectivity index (χ0) is 9.22. The van der Waals surface area contributed by atoms with Crippen LogP contribution in [0.5, 0.6) is 0 Å². The smallest absolute Gasteiger partial charge is 0.312 e. The molecule has 0 aromatic heterocycles. The summed E-state index contributed by atoms with van der Waals surface area (Å²) in [6, 6.07) is 0. The molecule has 1 saturated heterocycles. The maximum Gasteiger partial charge on any atom is 0.312 e. The van der Waals surface area contributed by atoms with Gasteiger partial charge in [0.05, 0.1) is 10.4 Å². The van der Waals surface area contributed by atoms with E-state index in [0.29, 0.717) is 11.8 Å². The predicted molar refractivity (Wildman–Crippen MR) is 48.1 cm³/mol. The van der Waals surface area contributed by atoms with Gasteiger partial charge in [-0.05, 0) is 25.7 Å². The van der Waals surface area contributed by atoms with Crippen molar-refractivity contribution in [1.29, 1.82) is 0 Å². The molecule has 0 aromatic rings. The molecule has 2 bridgehead atoms. The minimum absolute atomic E-state index is 0.0451. The second kappa shape index (κ2) is 2.11. The molecule has 3 aliphatic rings. The van der Waals surface area contributed by atoms with Crippen LogP contribution in [0.1, 0.15) is 19.8 Å². The Labute approximate surface area is 81.9 Å². The summed E-state index contributed by atoms with van der Waals surface area (Å²) in [5, 5.41) is 0.746. The van der Waals surface area contributed by atoms with Crippen molar-refractivity contribution in [3.8, 4) is 0 Å². The van der Waals surface area contributed by atoms with Gasteiger partial charge < -0.3 is 4.74 Å². The van der Waals surface area contributed by atoms with Crippen LogP contribution >= 0.6 is 11.6 Å². The highest BCUT2D eigenvalue weighted by molar-refractivity contribution is 6.30. The van der Waals surface area contributed by atoms with E-state index in [1.54, 1.807) is 0 Å². The van der Waals surface area contributed by atoms with E-state index in [2.05, 4.69) is 6.08 Å². The Balaban J connectivity index is 2.13. The molecule has 3 heteroatoms. The molecule has 0 spiro atoms. The first-order valence-corrected chi connectivity index (χ1v) is 5.07. The lowest BCUT2D eigenvalue weighted by Gasteiger charge is -2.21. The molecule has 0 aromatic carbocycles. The number of esters is 1. The first-order chi connectivity index (χ1) is 6.11. The molecule has 1 aliphatic heterocycles. The lowest BCUT2D eigenvalue weighted by molar-refractivity contribution is -0.147. The highest BCUT2D eigenvalue weighted by Crippen LogP contribution is 2.58. The first kappa shape index (κ1) is 7.86. The van der Waals surface area contributed by atoms with Crippen molar-refractivity contribution in [2.75, 3.05) is 0 Å². The monoisotopic (exact) mass is 198 g/mol. The van der Waals surface area contributed by atoms with Crippen LogP contribution in [0.25, 0.3) is 0 Å². The Hall–Kier alpha value is -0.500. The lowest BCUT2D eigenvalue weighted by atomic mass is 9.79. The fraction of sp³-hybridized carbons (Fsp3) is 0.700. The van der Waals surface area contributed by atoms with Crippen molar-refractivity contribution in [2.45, 2.75) is 25.9 Å². The molecular formula is C10H11ClO2. The molecule has 70 valence electrons. The fourth-order valence-corrected chi connectivity index (χ4v) is 3.46. The molecule has 2 nitrogen and oxygen atoms in total. The SMILES string of the molecule is C[C@]12C[C@@H]3C=C(Cl)[C@H](OC1=O)[C@H]2C3. The molecule has 0 unspecified atom stereocenters. The van der Waals surface area contributed by atoms with E-state index in [-0.39, 0.29) is 17.5 Å². The summed E-state index contributed by atoms with van der Waals surface area (Å²) in [7, 11) is 0. The van der Waals surface area contributed by atoms with E-state index in [1.807, 2.05) is 6.92 Å². The van der Waals surface area contributed by atoms with Gasteiger partial charge in [-0.15, -0.1) is 0 Å². The minimum Gasteiger partial charge on any atom is -0.456 e.